The summed E-state index contributed by atoms with van der Waals surface area (Å²) < 4.78 is 38.9. The van der Waals surface area contributed by atoms with Gasteiger partial charge in [0.25, 0.3) is 0 Å². The number of benzene rings is 2. The molecular weight excluding hydrogens is 339 g/mol. The fourth-order valence-electron chi connectivity index (χ4n) is 3.93. The fourth-order valence-corrected chi connectivity index (χ4v) is 5.22. The standard InChI is InChI=1S/C19H21FN2O2S/c1-12-10-16-17-11-15(6-7-18(17)22-19(16)8-9-21-12)25(23,24)14-4-2-13(20)3-5-14/h2-7,11-12,16,19,21-22H,8-10H2,1H3/t12?,16-,19-/m0/s1. The summed E-state index contributed by atoms with van der Waals surface area (Å²) in [5.74, 6) is -0.136. The molecule has 2 aliphatic heterocycles. The zero-order chi connectivity index (χ0) is 17.6. The number of sulfone groups is 1. The Morgan fingerprint density at radius 3 is 2.56 bits per heavy atom. The van der Waals surface area contributed by atoms with E-state index >= 15 is 0 Å². The number of halogens is 1. The Labute approximate surface area is 147 Å². The van der Waals surface area contributed by atoms with E-state index in [9.17, 15) is 12.8 Å². The van der Waals surface area contributed by atoms with Crippen molar-refractivity contribution in [2.45, 2.75) is 47.6 Å². The molecule has 0 aromatic heterocycles. The Kier molecular flexibility index (Phi) is 4.04. The van der Waals surface area contributed by atoms with Crippen molar-refractivity contribution < 1.29 is 12.8 Å². The number of fused-ring (bicyclic) bond motifs is 3. The molecule has 1 unspecified atom stereocenters. The van der Waals surface area contributed by atoms with Crippen LogP contribution >= 0.6 is 0 Å². The molecule has 2 aliphatic rings. The first-order valence-corrected chi connectivity index (χ1v) is 10.1. The highest BCUT2D eigenvalue weighted by molar-refractivity contribution is 7.91. The molecule has 0 spiro atoms. The van der Waals surface area contributed by atoms with Gasteiger partial charge in [0.2, 0.25) is 9.84 Å². The molecule has 3 atom stereocenters. The van der Waals surface area contributed by atoms with Crippen LogP contribution in [0.25, 0.3) is 0 Å². The van der Waals surface area contributed by atoms with E-state index in [0.717, 1.165) is 30.6 Å². The van der Waals surface area contributed by atoms with Crippen LogP contribution in [0.1, 0.15) is 31.2 Å². The molecule has 132 valence electrons. The molecule has 1 saturated heterocycles. The highest BCUT2D eigenvalue weighted by Crippen LogP contribution is 2.42. The molecule has 0 bridgehead atoms. The van der Waals surface area contributed by atoms with Gasteiger partial charge in [0.15, 0.2) is 0 Å². The van der Waals surface area contributed by atoms with Crippen molar-refractivity contribution in [1.82, 2.24) is 5.32 Å². The summed E-state index contributed by atoms with van der Waals surface area (Å²) in [6, 6.07) is 11.0. The summed E-state index contributed by atoms with van der Waals surface area (Å²) in [6.45, 7) is 3.13. The minimum Gasteiger partial charge on any atom is -0.381 e. The van der Waals surface area contributed by atoms with Crippen LogP contribution < -0.4 is 10.6 Å². The van der Waals surface area contributed by atoms with Gasteiger partial charge in [0, 0.05) is 23.7 Å². The van der Waals surface area contributed by atoms with Crippen LogP contribution in [0.4, 0.5) is 10.1 Å². The minimum atomic E-state index is -3.65. The number of hydrogen-bond acceptors (Lipinski definition) is 4. The van der Waals surface area contributed by atoms with Crippen molar-refractivity contribution in [3.05, 3.63) is 53.8 Å². The Bertz CT molecular complexity index is 896. The lowest BCUT2D eigenvalue weighted by Gasteiger charge is -2.18. The van der Waals surface area contributed by atoms with E-state index < -0.39 is 15.7 Å². The van der Waals surface area contributed by atoms with Gasteiger partial charge in [-0.25, -0.2) is 12.8 Å². The van der Waals surface area contributed by atoms with Gasteiger partial charge in [0.1, 0.15) is 5.82 Å². The van der Waals surface area contributed by atoms with Crippen LogP contribution in [0.15, 0.2) is 52.3 Å². The van der Waals surface area contributed by atoms with Crippen molar-refractivity contribution >= 4 is 15.5 Å². The Morgan fingerprint density at radius 2 is 1.80 bits per heavy atom. The average Bonchev–Trinajstić information content (AvgIpc) is 2.81. The molecule has 0 amide bonds. The molecule has 6 heteroatoms. The molecule has 1 fully saturated rings. The lowest BCUT2D eigenvalue weighted by Crippen LogP contribution is -2.25. The van der Waals surface area contributed by atoms with E-state index in [4.69, 9.17) is 0 Å². The first-order chi connectivity index (χ1) is 11.9. The van der Waals surface area contributed by atoms with Gasteiger partial charge in [0.05, 0.1) is 9.79 Å². The van der Waals surface area contributed by atoms with Gasteiger partial charge in [-0.1, -0.05) is 0 Å². The monoisotopic (exact) mass is 360 g/mol. The third-order valence-electron chi connectivity index (χ3n) is 5.24. The van der Waals surface area contributed by atoms with Gasteiger partial charge in [-0.05, 0) is 74.3 Å². The Morgan fingerprint density at radius 1 is 1.08 bits per heavy atom. The van der Waals surface area contributed by atoms with Gasteiger partial charge in [-0.3, -0.25) is 0 Å². The molecule has 0 aliphatic carbocycles. The van der Waals surface area contributed by atoms with Crippen molar-refractivity contribution in [3.63, 3.8) is 0 Å². The van der Waals surface area contributed by atoms with E-state index in [1.807, 2.05) is 6.07 Å². The molecule has 2 N–H and O–H groups in total. The second kappa shape index (κ2) is 6.11. The molecule has 25 heavy (non-hydrogen) atoms. The van der Waals surface area contributed by atoms with Crippen molar-refractivity contribution in [2.24, 2.45) is 0 Å². The van der Waals surface area contributed by atoms with Crippen LogP contribution in [-0.4, -0.2) is 27.0 Å². The van der Waals surface area contributed by atoms with E-state index in [0.29, 0.717) is 18.0 Å². The van der Waals surface area contributed by atoms with E-state index in [-0.39, 0.29) is 9.79 Å². The smallest absolute Gasteiger partial charge is 0.206 e. The Hall–Kier alpha value is -1.92. The van der Waals surface area contributed by atoms with Crippen LogP contribution in [0.5, 0.6) is 0 Å². The summed E-state index contributed by atoms with van der Waals surface area (Å²) in [4.78, 5) is 0.387. The third-order valence-corrected chi connectivity index (χ3v) is 7.01. The van der Waals surface area contributed by atoms with Crippen molar-refractivity contribution in [3.8, 4) is 0 Å². The predicted molar refractivity (Wildman–Crippen MR) is 95.1 cm³/mol. The van der Waals surface area contributed by atoms with E-state index in [1.165, 1.54) is 24.3 Å². The molecule has 0 saturated carbocycles. The van der Waals surface area contributed by atoms with Gasteiger partial charge in [-0.15, -0.1) is 0 Å². The van der Waals surface area contributed by atoms with Gasteiger partial charge < -0.3 is 10.6 Å². The third kappa shape index (κ3) is 2.93. The van der Waals surface area contributed by atoms with Crippen LogP contribution in [-0.2, 0) is 9.84 Å². The zero-order valence-corrected chi connectivity index (χ0v) is 14.8. The lowest BCUT2D eigenvalue weighted by atomic mass is 9.89. The summed E-state index contributed by atoms with van der Waals surface area (Å²) in [5, 5.41) is 7.02. The second-order valence-electron chi connectivity index (χ2n) is 6.94. The summed E-state index contributed by atoms with van der Waals surface area (Å²) in [5.41, 5.74) is 2.10. The molecule has 4 rings (SSSR count). The molecule has 0 radical (unpaired) electrons. The fraction of sp³-hybridized carbons (Fsp3) is 0.368. The molecular formula is C19H21FN2O2S. The van der Waals surface area contributed by atoms with Gasteiger partial charge in [-0.2, -0.15) is 0 Å². The highest BCUT2D eigenvalue weighted by Gasteiger charge is 2.35. The second-order valence-corrected chi connectivity index (χ2v) is 8.89. The van der Waals surface area contributed by atoms with E-state index in [2.05, 4.69) is 17.6 Å². The first-order valence-electron chi connectivity index (χ1n) is 8.59. The van der Waals surface area contributed by atoms with E-state index in [1.54, 1.807) is 12.1 Å². The quantitative estimate of drug-likeness (QED) is 0.807. The van der Waals surface area contributed by atoms with Crippen LogP contribution in [0.2, 0.25) is 0 Å². The lowest BCUT2D eigenvalue weighted by molar-refractivity contribution is 0.511. The molecule has 4 nitrogen and oxygen atoms in total. The normalized spacial score (nSPS) is 25.6. The largest absolute Gasteiger partial charge is 0.381 e. The summed E-state index contributed by atoms with van der Waals surface area (Å²) in [6.07, 6.45) is 1.99. The van der Waals surface area contributed by atoms with Gasteiger partial charge >= 0.3 is 0 Å². The molecule has 2 aromatic carbocycles. The minimum absolute atomic E-state index is 0.118. The Balaban J connectivity index is 1.73. The number of anilines is 1. The first kappa shape index (κ1) is 16.5. The zero-order valence-electron chi connectivity index (χ0n) is 14.0. The number of hydrogen-bond donors (Lipinski definition) is 2. The summed E-state index contributed by atoms with van der Waals surface area (Å²) in [7, 11) is -3.65. The van der Waals surface area contributed by atoms with Crippen LogP contribution in [0, 0.1) is 5.82 Å². The van der Waals surface area contributed by atoms with Crippen molar-refractivity contribution in [2.75, 3.05) is 11.9 Å². The van der Waals surface area contributed by atoms with Crippen LogP contribution in [0.3, 0.4) is 0 Å². The SMILES string of the molecule is CC1C[C@H]2c3cc(S(=O)(=O)c4ccc(F)cc4)ccc3N[C@H]2CCN1. The van der Waals surface area contributed by atoms with Crippen molar-refractivity contribution in [1.29, 1.82) is 0 Å². The number of rotatable bonds is 2. The maximum absolute atomic E-state index is 13.1. The predicted octanol–water partition coefficient (Wildman–Crippen LogP) is 3.31. The summed E-state index contributed by atoms with van der Waals surface area (Å²) >= 11 is 0. The molecule has 2 aromatic rings. The highest BCUT2D eigenvalue weighted by atomic mass is 32.2. The maximum Gasteiger partial charge on any atom is 0.206 e. The molecule has 2 heterocycles. The average molecular weight is 360 g/mol. The maximum atomic E-state index is 13.1. The topological polar surface area (TPSA) is 58.2 Å². The number of nitrogens with one attached hydrogen (secondary N) is 2.